The third-order valence-corrected chi connectivity index (χ3v) is 3.67. The molecule has 1 atom stereocenters. The Morgan fingerprint density at radius 1 is 1.11 bits per heavy atom. The summed E-state index contributed by atoms with van der Waals surface area (Å²) in [6.07, 6.45) is 0.448. The Kier molecular flexibility index (Phi) is 10.2. The highest BCUT2D eigenvalue weighted by atomic mass is 32.2. The number of hydrogen-bond donors (Lipinski definition) is 1. The van der Waals surface area contributed by atoms with Gasteiger partial charge in [0.15, 0.2) is 0 Å². The minimum atomic E-state index is -4.44. The smallest absolute Gasteiger partial charge is 0.300 e. The fourth-order valence-electron chi connectivity index (χ4n) is 1.66. The van der Waals surface area contributed by atoms with Crippen molar-refractivity contribution in [2.45, 2.75) is 65.0 Å². The second kappa shape index (κ2) is 10.4. The molecule has 1 N–H and O–H groups in total. The number of unbranched alkanes of at least 4 members (excludes halogenated alkanes) is 4. The maximum Gasteiger partial charge on any atom is 0.400 e. The predicted octanol–water partition coefficient (Wildman–Crippen LogP) is 4.70. The molecule has 0 spiro atoms. The Labute approximate surface area is 118 Å². The van der Waals surface area contributed by atoms with Crippen molar-refractivity contribution < 1.29 is 18.0 Å². The van der Waals surface area contributed by atoms with Crippen LogP contribution in [0.4, 0.5) is 13.2 Å². The minimum absolute atomic E-state index is 0.112. The summed E-state index contributed by atoms with van der Waals surface area (Å²) < 4.78 is 40.6. The monoisotopic (exact) mass is 299 g/mol. The lowest BCUT2D eigenvalue weighted by Crippen LogP contribution is -2.36. The Morgan fingerprint density at radius 3 is 2.21 bits per heavy atom. The average Bonchev–Trinajstić information content (AvgIpc) is 2.32. The van der Waals surface area contributed by atoms with Crippen LogP contribution in [0.1, 0.15) is 58.8 Å². The highest BCUT2D eigenvalue weighted by molar-refractivity contribution is 7.97. The van der Waals surface area contributed by atoms with E-state index in [4.69, 9.17) is 0 Å². The summed E-state index contributed by atoms with van der Waals surface area (Å²) in [6.45, 7) is 3.98. The zero-order valence-electron chi connectivity index (χ0n) is 11.7. The van der Waals surface area contributed by atoms with Crippen LogP contribution in [0.5, 0.6) is 0 Å². The molecule has 0 heterocycles. The van der Waals surface area contributed by atoms with Crippen LogP contribution in [0.25, 0.3) is 0 Å². The molecule has 0 bridgehead atoms. The number of hydrogen-bond acceptors (Lipinski definition) is 2. The van der Waals surface area contributed by atoms with Gasteiger partial charge in [-0.2, -0.15) is 13.2 Å². The molecule has 0 aliphatic carbocycles. The van der Waals surface area contributed by atoms with E-state index in [0.717, 1.165) is 44.1 Å². The second-order valence-corrected chi connectivity index (χ2v) is 5.51. The molecule has 0 radical (unpaired) electrons. The maximum absolute atomic E-state index is 12.8. The van der Waals surface area contributed by atoms with E-state index in [1.54, 1.807) is 0 Å². The first-order valence-electron chi connectivity index (χ1n) is 6.91. The van der Waals surface area contributed by atoms with Gasteiger partial charge in [-0.25, -0.2) is 0 Å². The third kappa shape index (κ3) is 9.19. The number of rotatable bonds is 10. The van der Waals surface area contributed by atoms with Gasteiger partial charge in [0.2, 0.25) is 5.91 Å². The molecule has 2 nitrogen and oxygen atoms in total. The quantitative estimate of drug-likeness (QED) is 0.468. The number of amides is 1. The normalized spacial score (nSPS) is 13.3. The van der Waals surface area contributed by atoms with Crippen LogP contribution in [0.2, 0.25) is 0 Å². The Balaban J connectivity index is 4.09. The summed E-state index contributed by atoms with van der Waals surface area (Å²) in [5, 5.41) is 0. The number of halogens is 3. The molecule has 0 saturated heterocycles. The van der Waals surface area contributed by atoms with E-state index >= 15 is 0 Å². The van der Waals surface area contributed by atoms with Crippen molar-refractivity contribution in [3.8, 4) is 0 Å². The van der Waals surface area contributed by atoms with Crippen LogP contribution in [-0.2, 0) is 4.79 Å². The molecule has 0 saturated carbocycles. The molecule has 1 amide bonds. The van der Waals surface area contributed by atoms with Gasteiger partial charge in [0.05, 0.1) is 0 Å². The van der Waals surface area contributed by atoms with E-state index < -0.39 is 18.0 Å². The second-order valence-electron chi connectivity index (χ2n) is 4.61. The summed E-state index contributed by atoms with van der Waals surface area (Å²) in [6, 6.07) is 0. The Bertz CT molecular complexity index is 247. The topological polar surface area (TPSA) is 29.1 Å². The van der Waals surface area contributed by atoms with Gasteiger partial charge in [-0.1, -0.05) is 57.9 Å². The van der Waals surface area contributed by atoms with E-state index in [-0.39, 0.29) is 6.42 Å². The number of alkyl halides is 3. The Hall–Kier alpha value is -0.390. The van der Waals surface area contributed by atoms with Crippen molar-refractivity contribution in [2.75, 3.05) is 5.75 Å². The van der Waals surface area contributed by atoms with Crippen molar-refractivity contribution >= 4 is 17.9 Å². The standard InChI is InChI=1S/C13H24F3NOS/c1-3-5-7-9-11(13(14,15)16)12(18)17-19-10-8-6-4-2/h11H,3-10H2,1-2H3,(H,17,18). The van der Waals surface area contributed by atoms with Crippen molar-refractivity contribution in [3.63, 3.8) is 0 Å². The maximum atomic E-state index is 12.8. The van der Waals surface area contributed by atoms with Gasteiger partial charge in [-0.05, 0) is 12.8 Å². The number of carbonyl (C=O) groups is 1. The zero-order valence-corrected chi connectivity index (χ0v) is 12.5. The van der Waals surface area contributed by atoms with Crippen LogP contribution < -0.4 is 4.72 Å². The summed E-state index contributed by atoms with van der Waals surface area (Å²) in [4.78, 5) is 11.6. The highest BCUT2D eigenvalue weighted by Crippen LogP contribution is 2.31. The molecule has 114 valence electrons. The van der Waals surface area contributed by atoms with E-state index in [9.17, 15) is 18.0 Å². The van der Waals surface area contributed by atoms with Gasteiger partial charge >= 0.3 is 6.18 Å². The summed E-state index contributed by atoms with van der Waals surface area (Å²) >= 11 is 1.09. The first-order valence-corrected chi connectivity index (χ1v) is 7.90. The molecule has 0 aromatic rings. The molecule has 0 rings (SSSR count). The molecule has 6 heteroatoms. The summed E-state index contributed by atoms with van der Waals surface area (Å²) in [5.41, 5.74) is 0. The number of carbonyl (C=O) groups excluding carboxylic acids is 1. The van der Waals surface area contributed by atoms with Gasteiger partial charge in [0.1, 0.15) is 5.92 Å². The van der Waals surface area contributed by atoms with Gasteiger partial charge in [0.25, 0.3) is 0 Å². The molecular formula is C13H24F3NOS. The van der Waals surface area contributed by atoms with E-state index in [1.807, 2.05) is 6.92 Å². The lowest BCUT2D eigenvalue weighted by atomic mass is 10.0. The van der Waals surface area contributed by atoms with Gasteiger partial charge in [0, 0.05) is 5.75 Å². The van der Waals surface area contributed by atoms with Gasteiger partial charge in [-0.3, -0.25) is 9.52 Å². The summed E-state index contributed by atoms with van der Waals surface area (Å²) in [5.74, 6) is -2.10. The molecule has 0 aliphatic heterocycles. The molecule has 0 aliphatic rings. The van der Waals surface area contributed by atoms with Crippen LogP contribution in [0, 0.1) is 5.92 Å². The Morgan fingerprint density at radius 2 is 1.68 bits per heavy atom. The van der Waals surface area contributed by atoms with Gasteiger partial charge in [-0.15, -0.1) is 0 Å². The number of nitrogens with one attached hydrogen (secondary N) is 1. The lowest BCUT2D eigenvalue weighted by molar-refractivity contribution is -0.183. The fraction of sp³-hybridized carbons (Fsp3) is 0.923. The fourth-order valence-corrected chi connectivity index (χ4v) is 2.39. The zero-order chi connectivity index (χ0) is 14.7. The SMILES string of the molecule is CCCCCSNC(=O)C(CCCCC)C(F)(F)F. The minimum Gasteiger partial charge on any atom is -0.300 e. The van der Waals surface area contributed by atoms with E-state index in [2.05, 4.69) is 11.6 Å². The largest absolute Gasteiger partial charge is 0.400 e. The molecule has 0 aromatic heterocycles. The molecule has 0 aromatic carbocycles. The highest BCUT2D eigenvalue weighted by Gasteiger charge is 2.44. The molecular weight excluding hydrogens is 275 g/mol. The van der Waals surface area contributed by atoms with Crippen molar-refractivity contribution in [1.82, 2.24) is 4.72 Å². The van der Waals surface area contributed by atoms with E-state index in [0.29, 0.717) is 12.2 Å². The van der Waals surface area contributed by atoms with Crippen LogP contribution >= 0.6 is 11.9 Å². The van der Waals surface area contributed by atoms with Crippen molar-refractivity contribution in [1.29, 1.82) is 0 Å². The lowest BCUT2D eigenvalue weighted by Gasteiger charge is -2.19. The van der Waals surface area contributed by atoms with Crippen LogP contribution in [-0.4, -0.2) is 17.8 Å². The van der Waals surface area contributed by atoms with E-state index in [1.165, 1.54) is 0 Å². The summed E-state index contributed by atoms with van der Waals surface area (Å²) in [7, 11) is 0. The molecule has 0 fully saturated rings. The predicted molar refractivity (Wildman–Crippen MR) is 73.8 cm³/mol. The van der Waals surface area contributed by atoms with Crippen molar-refractivity contribution in [3.05, 3.63) is 0 Å². The first kappa shape index (κ1) is 18.6. The molecule has 1 unspecified atom stereocenters. The van der Waals surface area contributed by atoms with Crippen molar-refractivity contribution in [2.24, 2.45) is 5.92 Å². The first-order chi connectivity index (χ1) is 8.93. The molecule has 19 heavy (non-hydrogen) atoms. The van der Waals surface area contributed by atoms with Crippen LogP contribution in [0.15, 0.2) is 0 Å². The van der Waals surface area contributed by atoms with Gasteiger partial charge < -0.3 is 0 Å². The van der Waals surface area contributed by atoms with Crippen LogP contribution in [0.3, 0.4) is 0 Å². The average molecular weight is 299 g/mol. The third-order valence-electron chi connectivity index (χ3n) is 2.83.